The zero-order valence-electron chi connectivity index (χ0n) is 12.3. The van der Waals surface area contributed by atoms with Crippen molar-refractivity contribution in [2.24, 2.45) is 0 Å². The number of nitrogens with zero attached hydrogens (tertiary/aromatic N) is 2. The third kappa shape index (κ3) is 3.29. The average Bonchev–Trinajstić information content (AvgIpc) is 2.26. The van der Waals surface area contributed by atoms with Gasteiger partial charge >= 0.3 is 12.1 Å². The van der Waals surface area contributed by atoms with Crippen molar-refractivity contribution in [2.45, 2.75) is 51.0 Å². The van der Waals surface area contributed by atoms with Gasteiger partial charge in [-0.1, -0.05) is 6.42 Å². The van der Waals surface area contributed by atoms with Gasteiger partial charge in [0.15, 0.2) is 0 Å². The van der Waals surface area contributed by atoms with Crippen LogP contribution >= 0.6 is 0 Å². The number of rotatable bonds is 3. The number of aromatic nitrogens is 2. The van der Waals surface area contributed by atoms with E-state index in [0.717, 1.165) is 6.42 Å². The fourth-order valence-electron chi connectivity index (χ4n) is 2.19. The lowest BCUT2D eigenvalue weighted by molar-refractivity contribution is -0.147. The van der Waals surface area contributed by atoms with Crippen LogP contribution in [0.15, 0.2) is 12.4 Å². The minimum atomic E-state index is -0.871. The van der Waals surface area contributed by atoms with Gasteiger partial charge in [-0.05, 0) is 33.6 Å². The largest absolute Gasteiger partial charge is 0.481 e. The first-order chi connectivity index (χ1) is 9.73. The summed E-state index contributed by atoms with van der Waals surface area (Å²) in [6.07, 6.45) is 4.31. The van der Waals surface area contributed by atoms with Crippen LogP contribution in [0.4, 0.5) is 10.7 Å². The number of carboxylic acids is 1. The first-order valence-electron chi connectivity index (χ1n) is 6.79. The monoisotopic (exact) mass is 293 g/mol. The summed E-state index contributed by atoms with van der Waals surface area (Å²) in [6, 6.07) is 0. The van der Waals surface area contributed by atoms with Gasteiger partial charge in [-0.25, -0.2) is 14.8 Å². The Morgan fingerprint density at radius 2 is 1.86 bits per heavy atom. The Bertz CT molecular complexity index is 544. The first-order valence-corrected chi connectivity index (χ1v) is 6.79. The summed E-state index contributed by atoms with van der Waals surface area (Å²) < 4.78 is 5.09. The molecule has 1 aliphatic carbocycles. The average molecular weight is 293 g/mol. The van der Waals surface area contributed by atoms with Crippen molar-refractivity contribution in [2.75, 3.05) is 5.32 Å². The number of anilines is 1. The second kappa shape index (κ2) is 5.31. The van der Waals surface area contributed by atoms with Crippen LogP contribution in [-0.4, -0.2) is 32.7 Å². The Balaban J connectivity index is 2.06. The number of aliphatic carboxylic acids is 1. The molecule has 7 nitrogen and oxygen atoms in total. The molecule has 114 valence electrons. The summed E-state index contributed by atoms with van der Waals surface area (Å²) in [5, 5.41) is 11.7. The highest BCUT2D eigenvalue weighted by molar-refractivity contribution is 5.83. The number of amides is 1. The lowest BCUT2D eigenvalue weighted by atomic mass is 9.65. The highest BCUT2D eigenvalue weighted by Gasteiger charge is 2.46. The molecule has 0 atom stereocenters. The summed E-state index contributed by atoms with van der Waals surface area (Å²) in [6.45, 7) is 5.26. The number of ether oxygens (including phenoxy) is 1. The molecular weight excluding hydrogens is 274 g/mol. The van der Waals surface area contributed by atoms with E-state index < -0.39 is 23.1 Å². The van der Waals surface area contributed by atoms with Gasteiger partial charge in [-0.3, -0.25) is 10.1 Å². The van der Waals surface area contributed by atoms with Gasteiger partial charge in [0.05, 0.1) is 5.41 Å². The predicted molar refractivity (Wildman–Crippen MR) is 75.1 cm³/mol. The highest BCUT2D eigenvalue weighted by Crippen LogP contribution is 2.43. The van der Waals surface area contributed by atoms with Crippen LogP contribution in [0.5, 0.6) is 0 Å². The molecule has 21 heavy (non-hydrogen) atoms. The van der Waals surface area contributed by atoms with E-state index in [4.69, 9.17) is 4.74 Å². The molecule has 0 saturated heterocycles. The molecule has 7 heteroatoms. The van der Waals surface area contributed by atoms with E-state index in [2.05, 4.69) is 15.3 Å². The lowest BCUT2D eigenvalue weighted by Crippen LogP contribution is -2.42. The van der Waals surface area contributed by atoms with Gasteiger partial charge in [0.1, 0.15) is 5.60 Å². The van der Waals surface area contributed by atoms with E-state index >= 15 is 0 Å². The highest BCUT2D eigenvalue weighted by atomic mass is 16.6. The predicted octanol–water partition coefficient (Wildman–Crippen LogP) is 2.33. The van der Waals surface area contributed by atoms with Crippen molar-refractivity contribution in [1.29, 1.82) is 0 Å². The maximum atomic E-state index is 11.6. The molecule has 1 saturated carbocycles. The molecule has 0 unspecified atom stereocenters. The molecule has 2 rings (SSSR count). The van der Waals surface area contributed by atoms with Crippen molar-refractivity contribution in [3.8, 4) is 0 Å². The molecule has 0 aliphatic heterocycles. The van der Waals surface area contributed by atoms with Crippen molar-refractivity contribution >= 4 is 18.0 Å². The number of carbonyl (C=O) groups is 2. The Morgan fingerprint density at radius 3 is 2.24 bits per heavy atom. The second-order valence-corrected chi connectivity index (χ2v) is 6.16. The van der Waals surface area contributed by atoms with Crippen molar-refractivity contribution in [3.63, 3.8) is 0 Å². The first kappa shape index (κ1) is 15.2. The van der Waals surface area contributed by atoms with Crippen LogP contribution in [0.1, 0.15) is 45.6 Å². The molecule has 1 heterocycles. The SMILES string of the molecule is CC(C)(C)OC(=O)Nc1ncc(C2(C(=O)O)CCC2)cn1. The standard InChI is InChI=1S/C14H19N3O4/c1-13(2,3)21-12(20)17-11-15-7-9(8-16-11)14(10(18)19)5-4-6-14/h7-8H,4-6H2,1-3H3,(H,18,19)(H,15,16,17,20). The topological polar surface area (TPSA) is 101 Å². The molecule has 1 fully saturated rings. The zero-order valence-corrected chi connectivity index (χ0v) is 12.3. The summed E-state index contributed by atoms with van der Waals surface area (Å²) in [7, 11) is 0. The Labute approximate surface area is 122 Å². The molecule has 0 radical (unpaired) electrons. The van der Waals surface area contributed by atoms with Gasteiger partial charge in [0, 0.05) is 18.0 Å². The normalized spacial score (nSPS) is 16.7. The molecule has 2 N–H and O–H groups in total. The van der Waals surface area contributed by atoms with Crippen LogP contribution in [-0.2, 0) is 14.9 Å². The van der Waals surface area contributed by atoms with Gasteiger partial charge in [0.25, 0.3) is 0 Å². The summed E-state index contributed by atoms with van der Waals surface area (Å²) in [5.41, 5.74) is -0.913. The van der Waals surface area contributed by atoms with Gasteiger partial charge in [0.2, 0.25) is 5.95 Å². The Morgan fingerprint density at radius 1 is 1.29 bits per heavy atom. The minimum Gasteiger partial charge on any atom is -0.481 e. The van der Waals surface area contributed by atoms with Crippen LogP contribution in [0.25, 0.3) is 0 Å². The smallest absolute Gasteiger partial charge is 0.414 e. The molecule has 0 spiro atoms. The quantitative estimate of drug-likeness (QED) is 0.886. The van der Waals surface area contributed by atoms with Crippen LogP contribution in [0.3, 0.4) is 0 Å². The Kier molecular flexibility index (Phi) is 3.85. The molecule has 0 aromatic carbocycles. The fraction of sp³-hybridized carbons (Fsp3) is 0.571. The molecule has 1 aromatic heterocycles. The van der Waals surface area contributed by atoms with Crippen molar-refractivity contribution in [1.82, 2.24) is 9.97 Å². The number of carboxylic acid groups (broad SMARTS) is 1. The molecule has 1 amide bonds. The lowest BCUT2D eigenvalue weighted by Gasteiger charge is -2.37. The molecule has 1 aromatic rings. The molecular formula is C14H19N3O4. The number of hydrogen-bond acceptors (Lipinski definition) is 5. The van der Waals surface area contributed by atoms with Gasteiger partial charge in [-0.2, -0.15) is 0 Å². The van der Waals surface area contributed by atoms with E-state index in [1.54, 1.807) is 20.8 Å². The Hall–Kier alpha value is -2.18. The molecule has 0 bridgehead atoms. The van der Waals surface area contributed by atoms with Gasteiger partial charge < -0.3 is 9.84 Å². The van der Waals surface area contributed by atoms with E-state index in [1.165, 1.54) is 12.4 Å². The van der Waals surface area contributed by atoms with E-state index in [-0.39, 0.29) is 5.95 Å². The summed E-state index contributed by atoms with van der Waals surface area (Å²) in [5.74, 6) is -0.766. The summed E-state index contributed by atoms with van der Waals surface area (Å²) >= 11 is 0. The number of nitrogens with one attached hydrogen (secondary N) is 1. The molecule has 1 aliphatic rings. The number of carbonyl (C=O) groups excluding carboxylic acids is 1. The zero-order chi connectivity index (χ0) is 15.7. The van der Waals surface area contributed by atoms with E-state index in [1.807, 2.05) is 0 Å². The van der Waals surface area contributed by atoms with Gasteiger partial charge in [-0.15, -0.1) is 0 Å². The van der Waals surface area contributed by atoms with Crippen molar-refractivity contribution < 1.29 is 19.4 Å². The van der Waals surface area contributed by atoms with E-state index in [9.17, 15) is 14.7 Å². The van der Waals surface area contributed by atoms with Crippen LogP contribution in [0, 0.1) is 0 Å². The third-order valence-corrected chi connectivity index (χ3v) is 3.43. The maximum absolute atomic E-state index is 11.6. The maximum Gasteiger partial charge on any atom is 0.414 e. The van der Waals surface area contributed by atoms with Crippen LogP contribution < -0.4 is 5.32 Å². The fourth-order valence-corrected chi connectivity index (χ4v) is 2.19. The minimum absolute atomic E-state index is 0.0906. The van der Waals surface area contributed by atoms with Crippen molar-refractivity contribution in [3.05, 3.63) is 18.0 Å². The van der Waals surface area contributed by atoms with Crippen LogP contribution in [0.2, 0.25) is 0 Å². The summed E-state index contributed by atoms with van der Waals surface area (Å²) in [4.78, 5) is 30.9. The third-order valence-electron chi connectivity index (χ3n) is 3.43. The second-order valence-electron chi connectivity index (χ2n) is 6.16. The number of hydrogen-bond donors (Lipinski definition) is 2. The van der Waals surface area contributed by atoms with E-state index in [0.29, 0.717) is 18.4 Å².